The van der Waals surface area contributed by atoms with Gasteiger partial charge in [-0.2, -0.15) is 0 Å². The SMILES string of the molecule is Cc1cc(Br)c(NCc2occc2C(=O)O)cc1Cl. The van der Waals surface area contributed by atoms with Crippen molar-refractivity contribution in [1.29, 1.82) is 0 Å². The number of carboxylic acid groups (broad SMARTS) is 1. The summed E-state index contributed by atoms with van der Waals surface area (Å²) in [6.45, 7) is 2.18. The van der Waals surface area contributed by atoms with Gasteiger partial charge in [-0.15, -0.1) is 0 Å². The molecule has 19 heavy (non-hydrogen) atoms. The zero-order valence-corrected chi connectivity index (χ0v) is 12.4. The lowest BCUT2D eigenvalue weighted by Gasteiger charge is -2.09. The molecule has 2 rings (SSSR count). The van der Waals surface area contributed by atoms with Gasteiger partial charge in [0, 0.05) is 9.50 Å². The molecule has 0 amide bonds. The molecule has 0 fully saturated rings. The van der Waals surface area contributed by atoms with Crippen LogP contribution in [0.5, 0.6) is 0 Å². The summed E-state index contributed by atoms with van der Waals surface area (Å²) in [6.07, 6.45) is 1.36. The summed E-state index contributed by atoms with van der Waals surface area (Å²) < 4.78 is 6.01. The smallest absolute Gasteiger partial charge is 0.339 e. The Balaban J connectivity index is 2.17. The maximum absolute atomic E-state index is 10.9. The second-order valence-corrected chi connectivity index (χ2v) is 5.26. The quantitative estimate of drug-likeness (QED) is 0.867. The Morgan fingerprint density at radius 1 is 1.53 bits per heavy atom. The number of aryl methyl sites for hydroxylation is 1. The van der Waals surface area contributed by atoms with E-state index in [4.69, 9.17) is 21.1 Å². The van der Waals surface area contributed by atoms with Crippen molar-refractivity contribution in [2.75, 3.05) is 5.32 Å². The number of benzene rings is 1. The van der Waals surface area contributed by atoms with Crippen LogP contribution in [0.3, 0.4) is 0 Å². The van der Waals surface area contributed by atoms with E-state index < -0.39 is 5.97 Å². The van der Waals surface area contributed by atoms with Crippen molar-refractivity contribution >= 4 is 39.2 Å². The van der Waals surface area contributed by atoms with Crippen molar-refractivity contribution in [2.24, 2.45) is 0 Å². The second-order valence-electron chi connectivity index (χ2n) is 4.00. The third-order valence-corrected chi connectivity index (χ3v) is 3.73. The number of aromatic carboxylic acids is 1. The lowest BCUT2D eigenvalue weighted by molar-refractivity contribution is 0.0694. The first-order valence-electron chi connectivity index (χ1n) is 5.48. The van der Waals surface area contributed by atoms with Gasteiger partial charge in [0.1, 0.15) is 11.3 Å². The number of hydrogen-bond donors (Lipinski definition) is 2. The summed E-state index contributed by atoms with van der Waals surface area (Å²) in [4.78, 5) is 10.9. The summed E-state index contributed by atoms with van der Waals surface area (Å²) in [5, 5.41) is 12.7. The van der Waals surface area contributed by atoms with E-state index in [-0.39, 0.29) is 12.1 Å². The van der Waals surface area contributed by atoms with Crippen molar-refractivity contribution in [3.63, 3.8) is 0 Å². The Bertz CT molecular complexity index is 624. The minimum absolute atomic E-state index is 0.154. The van der Waals surface area contributed by atoms with Gasteiger partial charge in [0.05, 0.1) is 18.5 Å². The standard InChI is InChI=1S/C13H11BrClNO3/c1-7-4-9(14)11(5-10(7)15)16-6-12-8(13(17)18)2-3-19-12/h2-5,16H,6H2,1H3,(H,17,18). The van der Waals surface area contributed by atoms with Crippen molar-refractivity contribution < 1.29 is 14.3 Å². The number of hydrogen-bond acceptors (Lipinski definition) is 3. The van der Waals surface area contributed by atoms with Crippen LogP contribution in [0.1, 0.15) is 21.7 Å². The van der Waals surface area contributed by atoms with Crippen LogP contribution in [0.25, 0.3) is 0 Å². The molecule has 2 aromatic rings. The van der Waals surface area contributed by atoms with E-state index in [1.165, 1.54) is 12.3 Å². The molecule has 0 saturated carbocycles. The predicted molar refractivity (Wildman–Crippen MR) is 76.9 cm³/mol. The summed E-state index contributed by atoms with van der Waals surface area (Å²) in [5.41, 5.74) is 1.90. The van der Waals surface area contributed by atoms with Crippen molar-refractivity contribution in [3.05, 3.63) is 50.8 Å². The summed E-state index contributed by atoms with van der Waals surface area (Å²) in [5.74, 6) is -0.636. The lowest BCUT2D eigenvalue weighted by Crippen LogP contribution is -2.05. The molecule has 100 valence electrons. The minimum Gasteiger partial charge on any atom is -0.478 e. The van der Waals surface area contributed by atoms with Crippen molar-refractivity contribution in [3.8, 4) is 0 Å². The van der Waals surface area contributed by atoms with Gasteiger partial charge >= 0.3 is 5.97 Å². The molecular formula is C13H11BrClNO3. The Labute approximate surface area is 123 Å². The van der Waals surface area contributed by atoms with Crippen LogP contribution in [-0.4, -0.2) is 11.1 Å². The van der Waals surface area contributed by atoms with Crippen LogP contribution < -0.4 is 5.32 Å². The number of carbonyl (C=O) groups is 1. The summed E-state index contributed by atoms with van der Waals surface area (Å²) in [6, 6.07) is 5.10. The molecule has 0 aliphatic carbocycles. The molecule has 0 atom stereocenters. The molecule has 2 N–H and O–H groups in total. The van der Waals surface area contributed by atoms with Crippen LogP contribution in [0, 0.1) is 6.92 Å². The molecule has 4 nitrogen and oxygen atoms in total. The van der Waals surface area contributed by atoms with E-state index >= 15 is 0 Å². The zero-order valence-electron chi connectivity index (χ0n) is 10.0. The minimum atomic E-state index is -1.01. The fourth-order valence-electron chi connectivity index (χ4n) is 1.63. The van der Waals surface area contributed by atoms with Gasteiger partial charge in [0.15, 0.2) is 0 Å². The normalized spacial score (nSPS) is 10.5. The zero-order chi connectivity index (χ0) is 14.0. The molecule has 1 aromatic carbocycles. The van der Waals surface area contributed by atoms with Crippen molar-refractivity contribution in [1.82, 2.24) is 0 Å². The first kappa shape index (κ1) is 14.0. The Morgan fingerprint density at radius 3 is 2.95 bits per heavy atom. The van der Waals surface area contributed by atoms with Crippen LogP contribution in [0.4, 0.5) is 5.69 Å². The lowest BCUT2D eigenvalue weighted by atomic mass is 10.2. The first-order chi connectivity index (χ1) is 8.99. The molecule has 0 bridgehead atoms. The van der Waals surface area contributed by atoms with Crippen LogP contribution in [-0.2, 0) is 6.54 Å². The third-order valence-electron chi connectivity index (χ3n) is 2.66. The molecule has 0 radical (unpaired) electrons. The van der Waals surface area contributed by atoms with Crippen LogP contribution in [0.15, 0.2) is 33.4 Å². The van der Waals surface area contributed by atoms with E-state index in [0.717, 1.165) is 15.7 Å². The fourth-order valence-corrected chi connectivity index (χ4v) is 2.39. The number of halogens is 2. The van der Waals surface area contributed by atoms with Gasteiger partial charge in [-0.25, -0.2) is 4.79 Å². The highest BCUT2D eigenvalue weighted by atomic mass is 79.9. The first-order valence-corrected chi connectivity index (χ1v) is 6.65. The number of carboxylic acids is 1. The average molecular weight is 345 g/mol. The number of furan rings is 1. The maximum atomic E-state index is 10.9. The van der Waals surface area contributed by atoms with Gasteiger partial charge < -0.3 is 14.8 Å². The molecule has 0 aliphatic heterocycles. The second kappa shape index (κ2) is 5.67. The van der Waals surface area contributed by atoms with Gasteiger partial charge in [-0.3, -0.25) is 0 Å². The van der Waals surface area contributed by atoms with Gasteiger partial charge in [-0.1, -0.05) is 11.6 Å². The highest BCUT2D eigenvalue weighted by Gasteiger charge is 2.13. The summed E-state index contributed by atoms with van der Waals surface area (Å²) in [7, 11) is 0. The van der Waals surface area contributed by atoms with E-state index in [9.17, 15) is 4.79 Å². The maximum Gasteiger partial charge on any atom is 0.339 e. The van der Waals surface area contributed by atoms with Gasteiger partial charge in [0.2, 0.25) is 0 Å². The third kappa shape index (κ3) is 3.11. The molecule has 0 spiro atoms. The predicted octanol–water partition coefficient (Wildman–Crippen LogP) is 4.31. The molecule has 6 heteroatoms. The Morgan fingerprint density at radius 2 is 2.26 bits per heavy atom. The van der Waals surface area contributed by atoms with Crippen LogP contribution >= 0.6 is 27.5 Å². The van der Waals surface area contributed by atoms with Gasteiger partial charge in [0.25, 0.3) is 0 Å². The monoisotopic (exact) mass is 343 g/mol. The fraction of sp³-hybridized carbons (Fsp3) is 0.154. The highest BCUT2D eigenvalue weighted by molar-refractivity contribution is 9.10. The van der Waals surface area contributed by atoms with E-state index in [0.29, 0.717) is 10.8 Å². The largest absolute Gasteiger partial charge is 0.478 e. The molecule has 0 saturated heterocycles. The van der Waals surface area contributed by atoms with E-state index in [1.54, 1.807) is 6.07 Å². The molecule has 1 aromatic heterocycles. The van der Waals surface area contributed by atoms with E-state index in [2.05, 4.69) is 21.2 Å². The molecular weight excluding hydrogens is 334 g/mol. The Hall–Kier alpha value is -1.46. The van der Waals surface area contributed by atoms with Gasteiger partial charge in [-0.05, 0) is 46.6 Å². The summed E-state index contributed by atoms with van der Waals surface area (Å²) >= 11 is 9.47. The van der Waals surface area contributed by atoms with Crippen LogP contribution in [0.2, 0.25) is 5.02 Å². The topological polar surface area (TPSA) is 62.5 Å². The molecule has 0 aliphatic rings. The number of rotatable bonds is 4. The number of anilines is 1. The average Bonchev–Trinajstić information content (AvgIpc) is 2.80. The molecule has 0 unspecified atom stereocenters. The highest BCUT2D eigenvalue weighted by Crippen LogP contribution is 2.29. The number of nitrogens with one attached hydrogen (secondary N) is 1. The Kier molecular flexibility index (Phi) is 4.17. The molecule has 1 heterocycles. The van der Waals surface area contributed by atoms with E-state index in [1.807, 2.05) is 13.0 Å². The van der Waals surface area contributed by atoms with Crippen molar-refractivity contribution in [2.45, 2.75) is 13.5 Å².